The molecule has 0 spiro atoms. The Balaban J connectivity index is 1.17. The van der Waals surface area contributed by atoms with Gasteiger partial charge < -0.3 is 44.6 Å². The van der Waals surface area contributed by atoms with Gasteiger partial charge >= 0.3 is 17.9 Å². The van der Waals surface area contributed by atoms with Gasteiger partial charge in [0.2, 0.25) is 0 Å². The zero-order chi connectivity index (χ0) is 44.1. The molecule has 3 aromatic carbocycles. The van der Waals surface area contributed by atoms with E-state index in [-0.39, 0.29) is 40.4 Å². The number of fused-ring (bicyclic) bond motifs is 1. The quantitative estimate of drug-likeness (QED) is 0.00704. The number of aliphatic hydroxyl groups excluding tert-OH is 1. The minimum atomic E-state index is -0.936. The first kappa shape index (κ1) is 47.2. The minimum absolute atomic E-state index is 0.0381. The molecule has 5 N–H and O–H groups in total. The van der Waals surface area contributed by atoms with E-state index in [0.717, 1.165) is 68.0 Å². The van der Waals surface area contributed by atoms with Gasteiger partial charge in [0.1, 0.15) is 17.2 Å². The summed E-state index contributed by atoms with van der Waals surface area (Å²) in [5.74, 6) is -0.935. The molecule has 330 valence electrons. The van der Waals surface area contributed by atoms with Crippen LogP contribution < -0.4 is 30.7 Å². The Kier molecular flexibility index (Phi) is 19.1. The Bertz CT molecular complexity index is 2050. The van der Waals surface area contributed by atoms with E-state index in [1.165, 1.54) is 12.1 Å². The van der Waals surface area contributed by atoms with E-state index in [2.05, 4.69) is 29.0 Å². The van der Waals surface area contributed by atoms with Gasteiger partial charge in [0.05, 0.1) is 48.3 Å². The maximum atomic E-state index is 13.5. The fourth-order valence-electron chi connectivity index (χ4n) is 6.29. The van der Waals surface area contributed by atoms with Crippen molar-refractivity contribution in [2.75, 3.05) is 31.7 Å². The third-order valence-electron chi connectivity index (χ3n) is 9.67. The molecule has 0 amide bonds. The monoisotopic (exact) mass is 868 g/mol. The van der Waals surface area contributed by atoms with Crippen molar-refractivity contribution in [1.82, 2.24) is 5.43 Å². The highest BCUT2D eigenvalue weighted by molar-refractivity contribution is 8.00. The van der Waals surface area contributed by atoms with Gasteiger partial charge in [0, 0.05) is 29.6 Å². The highest BCUT2D eigenvalue weighted by Gasteiger charge is 2.24. The third-order valence-corrected chi connectivity index (χ3v) is 10.7. The number of anilines is 1. The van der Waals surface area contributed by atoms with Gasteiger partial charge in [-0.3, -0.25) is 5.43 Å². The summed E-state index contributed by atoms with van der Waals surface area (Å²) in [4.78, 5) is 39.1. The Labute approximate surface area is 367 Å². The number of thioether (sulfide) groups is 1. The fourth-order valence-corrected chi connectivity index (χ4v) is 7.24. The van der Waals surface area contributed by atoms with Crippen LogP contribution in [0.5, 0.6) is 17.2 Å². The number of amidine groups is 1. The predicted octanol–water partition coefficient (Wildman–Crippen LogP) is 7.79. The molecule has 14 nitrogen and oxygen atoms in total. The number of carbonyl (C=O) groups is 3. The summed E-state index contributed by atoms with van der Waals surface area (Å²) >= 11 is 1.54. The molecule has 2 aliphatic rings. The van der Waals surface area contributed by atoms with Gasteiger partial charge in [-0.1, -0.05) is 69.0 Å². The molecule has 0 bridgehead atoms. The molecule has 5 rings (SSSR count). The van der Waals surface area contributed by atoms with Gasteiger partial charge in [-0.05, 0) is 99.2 Å². The zero-order valence-electron chi connectivity index (χ0n) is 35.0. The van der Waals surface area contributed by atoms with Gasteiger partial charge in [-0.2, -0.15) is 5.10 Å². The molecule has 3 aromatic rings. The molecule has 4 unspecified atom stereocenters. The second-order valence-electron chi connectivity index (χ2n) is 14.4. The summed E-state index contributed by atoms with van der Waals surface area (Å²) in [7, 11) is 0. The number of para-hydroxylation sites is 1. The van der Waals surface area contributed by atoms with Crippen molar-refractivity contribution in [2.24, 2.45) is 16.8 Å². The number of hydrogen-bond donors (Lipinski definition) is 4. The van der Waals surface area contributed by atoms with Crippen molar-refractivity contribution in [3.8, 4) is 17.2 Å². The van der Waals surface area contributed by atoms with E-state index in [0.29, 0.717) is 43.3 Å². The van der Waals surface area contributed by atoms with Crippen LogP contribution in [0.25, 0.3) is 0 Å². The first-order valence-electron chi connectivity index (χ1n) is 20.8. The zero-order valence-corrected chi connectivity index (χ0v) is 35.8. The molecule has 4 atom stereocenters. The average molecular weight is 869 g/mol. The smallest absolute Gasteiger partial charge is 0.343 e. The summed E-state index contributed by atoms with van der Waals surface area (Å²) in [6, 6.07) is 19.0. The van der Waals surface area contributed by atoms with E-state index in [1.807, 2.05) is 43.3 Å². The number of hydrazone groups is 1. The molecule has 0 saturated carbocycles. The van der Waals surface area contributed by atoms with Crippen molar-refractivity contribution >= 4 is 41.2 Å². The summed E-state index contributed by atoms with van der Waals surface area (Å²) in [5, 5.41) is 17.1. The number of nitrogens with two attached hydrogens (primary N) is 1. The first-order valence-corrected chi connectivity index (χ1v) is 21.7. The standard InChI is InChI=1S/C47H56N4O10S/c1-4-42(52)58-28-14-8-6-12-26-56-35-21-18-33(19-22-35)45(54)61-40-31-36(23-24-37(40)44(48)50-51-47-49-38-16-10-11-17-41(38)62-47)60-46(55)34-20-25-39(32(3)30-34)57-27-13-7-9-15-29-59-43(53)5-2/h4-5,10-11,16-25,30-32,39,42,47,49,51-52H,1-2,6-9,12-15,26-29H2,3H3,(H2,48,50). The molecule has 0 saturated heterocycles. The Morgan fingerprint density at radius 2 is 1.60 bits per heavy atom. The van der Waals surface area contributed by atoms with Crippen molar-refractivity contribution in [1.29, 1.82) is 0 Å². The van der Waals surface area contributed by atoms with Crippen molar-refractivity contribution < 1.29 is 47.9 Å². The number of aliphatic hydroxyl groups is 1. The highest BCUT2D eigenvalue weighted by Crippen LogP contribution is 2.37. The van der Waals surface area contributed by atoms with Crippen LogP contribution in [0.15, 0.2) is 126 Å². The van der Waals surface area contributed by atoms with Crippen molar-refractivity contribution in [3.05, 3.63) is 127 Å². The van der Waals surface area contributed by atoms with Gasteiger partial charge in [0.25, 0.3) is 0 Å². The van der Waals surface area contributed by atoms with Gasteiger partial charge in [-0.25, -0.2) is 14.4 Å². The van der Waals surface area contributed by atoms with E-state index in [4.69, 9.17) is 34.2 Å². The number of benzene rings is 3. The predicted molar refractivity (Wildman–Crippen MR) is 239 cm³/mol. The fraction of sp³-hybridized carbons (Fsp3) is 0.362. The Hall–Kier alpha value is -5.87. The van der Waals surface area contributed by atoms with Crippen molar-refractivity contribution in [3.63, 3.8) is 0 Å². The first-order chi connectivity index (χ1) is 30.1. The largest absolute Gasteiger partial charge is 0.494 e. The lowest BCUT2D eigenvalue weighted by Gasteiger charge is -2.23. The summed E-state index contributed by atoms with van der Waals surface area (Å²) in [6.07, 6.45) is 13.7. The van der Waals surface area contributed by atoms with Gasteiger partial charge in [-0.15, -0.1) is 0 Å². The Morgan fingerprint density at radius 1 is 0.887 bits per heavy atom. The maximum absolute atomic E-state index is 13.5. The van der Waals surface area contributed by atoms with Crippen molar-refractivity contribution in [2.45, 2.75) is 81.1 Å². The summed E-state index contributed by atoms with van der Waals surface area (Å²) in [5.41, 5.74) is 11.1. The molecule has 1 heterocycles. The minimum Gasteiger partial charge on any atom is -0.494 e. The van der Waals surface area contributed by atoms with Crippen LogP contribution >= 0.6 is 11.8 Å². The Morgan fingerprint density at radius 3 is 2.32 bits per heavy atom. The van der Waals surface area contributed by atoms with Crippen LogP contribution in [-0.4, -0.2) is 73.2 Å². The van der Waals surface area contributed by atoms with E-state index < -0.39 is 24.2 Å². The highest BCUT2D eigenvalue weighted by atomic mass is 32.2. The number of carbonyl (C=O) groups excluding carboxylic acids is 3. The number of esters is 3. The molecule has 62 heavy (non-hydrogen) atoms. The van der Waals surface area contributed by atoms with Crippen LogP contribution in [0.1, 0.15) is 74.2 Å². The normalized spacial score (nSPS) is 17.2. The number of unbranched alkanes of at least 4 members (excludes halogenated alkanes) is 6. The average Bonchev–Trinajstić information content (AvgIpc) is 3.71. The molecule has 1 aliphatic heterocycles. The number of nitrogens with one attached hydrogen (secondary N) is 2. The second kappa shape index (κ2) is 25.2. The molecule has 15 heteroatoms. The second-order valence-corrected chi connectivity index (χ2v) is 15.6. The molecular weight excluding hydrogens is 813 g/mol. The molecule has 0 aromatic heterocycles. The van der Waals surface area contributed by atoms with E-state index in [1.54, 1.807) is 54.2 Å². The number of rotatable bonds is 26. The lowest BCUT2D eigenvalue weighted by molar-refractivity contribution is -0.137. The topological polar surface area (TPSA) is 189 Å². The molecular formula is C47H56N4O10S. The lowest BCUT2D eigenvalue weighted by Crippen LogP contribution is -2.29. The van der Waals surface area contributed by atoms with Crippen LogP contribution in [0.3, 0.4) is 0 Å². The number of ether oxygens (including phenoxy) is 6. The maximum Gasteiger partial charge on any atom is 0.343 e. The molecule has 0 radical (unpaired) electrons. The summed E-state index contributed by atoms with van der Waals surface area (Å²) < 4.78 is 33.8. The van der Waals surface area contributed by atoms with Crippen LogP contribution in [-0.2, 0) is 23.8 Å². The SMILES string of the molecule is C=CC(=O)OCCCCCCOC1C=CC(C(=O)Oc2ccc(/C(N)=N/NC3Nc4ccccc4S3)c(OC(=O)c3ccc(OCCCCCCOC(O)C=C)cc3)c2)=CC1C. The molecule has 0 fully saturated rings. The number of nitrogens with zero attached hydrogens (tertiary/aromatic N) is 1. The third kappa shape index (κ3) is 15.2. The van der Waals surface area contributed by atoms with E-state index in [9.17, 15) is 19.5 Å². The van der Waals surface area contributed by atoms with Crippen LogP contribution in [0.4, 0.5) is 5.69 Å². The molecule has 1 aliphatic carbocycles. The summed E-state index contributed by atoms with van der Waals surface area (Å²) in [6.45, 7) is 10.7. The van der Waals surface area contributed by atoms with Crippen LogP contribution in [0.2, 0.25) is 0 Å². The number of hydrogen-bond acceptors (Lipinski definition) is 14. The lowest BCUT2D eigenvalue weighted by atomic mass is 9.95. The van der Waals surface area contributed by atoms with Crippen LogP contribution in [0, 0.1) is 5.92 Å². The van der Waals surface area contributed by atoms with Gasteiger partial charge in [0.15, 0.2) is 17.6 Å². The van der Waals surface area contributed by atoms with E-state index >= 15 is 0 Å².